The van der Waals surface area contributed by atoms with Gasteiger partial charge in [0.25, 0.3) is 0 Å². The van der Waals surface area contributed by atoms with Crippen LogP contribution in [0.2, 0.25) is 0 Å². The van der Waals surface area contributed by atoms with E-state index < -0.39 is 0 Å². The number of hydrogen-bond acceptors (Lipinski definition) is 0. The molecule has 1 N–H and O–H groups in total. The fraction of sp³-hybridized carbons (Fsp3) is 0.258. The van der Waals surface area contributed by atoms with Crippen LogP contribution in [-0.4, -0.2) is 16.3 Å². The fourth-order valence-corrected chi connectivity index (χ4v) is 3.26. The molecule has 34 heavy (non-hydrogen) atoms. The van der Waals surface area contributed by atoms with Crippen molar-refractivity contribution in [3.05, 3.63) is 127 Å². The molecular weight excluding hydrogens is 462 g/mol. The molecule has 176 valence electrons. The molecule has 1 fully saturated rings. The van der Waals surface area contributed by atoms with Crippen LogP contribution in [0.5, 0.6) is 0 Å². The third-order valence-corrected chi connectivity index (χ3v) is 6.01. The van der Waals surface area contributed by atoms with E-state index >= 15 is 0 Å². The predicted molar refractivity (Wildman–Crippen MR) is 150 cm³/mol. The summed E-state index contributed by atoms with van der Waals surface area (Å²) < 4.78 is 0. The maximum absolute atomic E-state index is 6.69. The number of rotatable bonds is 1. The normalized spacial score (nSPS) is 15.5. The van der Waals surface area contributed by atoms with Gasteiger partial charge in [0, 0.05) is 10.2 Å². The average Bonchev–Trinajstić information content (AvgIpc) is 3.58. The van der Waals surface area contributed by atoms with Crippen LogP contribution < -0.4 is 5.19 Å². The third-order valence-electron chi connectivity index (χ3n) is 5.54. The minimum atomic E-state index is 0. The van der Waals surface area contributed by atoms with Crippen LogP contribution in [0.3, 0.4) is 0 Å². The van der Waals surface area contributed by atoms with Crippen molar-refractivity contribution in [3.8, 4) is 11.1 Å². The van der Waals surface area contributed by atoms with Gasteiger partial charge in [-0.05, 0) is 11.1 Å². The molecule has 0 amide bonds. The van der Waals surface area contributed by atoms with Crippen molar-refractivity contribution in [2.45, 2.75) is 46.6 Å². The Labute approximate surface area is 226 Å². The van der Waals surface area contributed by atoms with Crippen molar-refractivity contribution in [3.63, 3.8) is 0 Å². The molecule has 0 heterocycles. The zero-order valence-electron chi connectivity index (χ0n) is 21.4. The van der Waals surface area contributed by atoms with Gasteiger partial charge in [0.15, 0.2) is 0 Å². The Morgan fingerprint density at radius 3 is 1.26 bits per heavy atom. The Bertz CT molecular complexity index is 940. The summed E-state index contributed by atoms with van der Waals surface area (Å²) in [5.74, 6) is 0.560. The van der Waals surface area contributed by atoms with Crippen molar-refractivity contribution in [1.82, 2.24) is 0 Å². The van der Waals surface area contributed by atoms with E-state index in [9.17, 15) is 0 Å². The maximum Gasteiger partial charge on any atom is 3.00 e. The first-order chi connectivity index (χ1) is 15.4. The summed E-state index contributed by atoms with van der Waals surface area (Å²) in [7, 11) is 1.90. The minimum Gasteiger partial charge on any atom is -0.675 e. The summed E-state index contributed by atoms with van der Waals surface area (Å²) in [5.41, 5.74) is 13.5. The molecule has 0 aliphatic heterocycles. The summed E-state index contributed by atoms with van der Waals surface area (Å²) in [4.78, 5) is 0. The van der Waals surface area contributed by atoms with E-state index in [1.54, 1.807) is 0 Å². The molecule has 2 radical (unpaired) electrons. The average molecular weight is 502 g/mol. The summed E-state index contributed by atoms with van der Waals surface area (Å²) in [6.07, 6.45) is 5.66. The van der Waals surface area contributed by atoms with E-state index in [0.29, 0.717) is 12.0 Å². The standard InChI is InChI=1S/C12H10.C9H13.C6H7Si.C3H6N.CH3.Ti/c1-3-7-11(8-4-1)12-9-5-2-6-10-12;1-6-5-7(2)9(4)8(6)3;7-6-4-2-1-3-5-6;4-3-1-2-3;;/h1-10H;6H,1-4H3;1-5H,7H2;3-4H,1-2H2;1H3;/q;-1;;2*-1;+3. The van der Waals surface area contributed by atoms with Crippen LogP contribution in [0, 0.1) is 19.4 Å². The predicted octanol–water partition coefficient (Wildman–Crippen LogP) is 7.67. The topological polar surface area (TPSA) is 23.8 Å². The second-order valence-electron chi connectivity index (χ2n) is 8.29. The molecule has 1 saturated carbocycles. The molecule has 0 bridgehead atoms. The second kappa shape index (κ2) is 17.5. The molecule has 3 aromatic carbocycles. The molecule has 0 spiro atoms. The van der Waals surface area contributed by atoms with Crippen molar-refractivity contribution in [2.24, 2.45) is 5.92 Å². The molecule has 0 aromatic heterocycles. The first-order valence-electron chi connectivity index (χ1n) is 11.3. The Morgan fingerprint density at radius 1 is 0.735 bits per heavy atom. The van der Waals surface area contributed by atoms with Crippen LogP contribution in [0.15, 0.2) is 108 Å². The zero-order chi connectivity index (χ0) is 23.3. The van der Waals surface area contributed by atoms with Crippen LogP contribution >= 0.6 is 0 Å². The van der Waals surface area contributed by atoms with Crippen LogP contribution in [-0.2, 0) is 21.7 Å². The smallest absolute Gasteiger partial charge is 0.675 e. The van der Waals surface area contributed by atoms with Gasteiger partial charge in [-0.1, -0.05) is 136 Å². The molecule has 1 unspecified atom stereocenters. The Morgan fingerprint density at radius 2 is 1.09 bits per heavy atom. The molecule has 3 aromatic rings. The van der Waals surface area contributed by atoms with E-state index in [1.165, 1.54) is 33.0 Å². The van der Waals surface area contributed by atoms with E-state index in [0.717, 1.165) is 12.8 Å². The van der Waals surface area contributed by atoms with Crippen LogP contribution in [0.1, 0.15) is 40.5 Å². The van der Waals surface area contributed by atoms with Gasteiger partial charge in [-0.25, -0.2) is 5.57 Å². The molecule has 5 rings (SSSR count). The second-order valence-corrected chi connectivity index (χ2v) is 9.11. The number of allylic oxidation sites excluding steroid dienone is 4. The number of benzene rings is 3. The fourth-order valence-electron chi connectivity index (χ4n) is 2.98. The van der Waals surface area contributed by atoms with Gasteiger partial charge in [0.05, 0.1) is 0 Å². The Kier molecular flexibility index (Phi) is 16.5. The molecule has 0 saturated heterocycles. The summed E-state index contributed by atoms with van der Waals surface area (Å²) in [5, 5.41) is 1.35. The molecule has 1 atom stereocenters. The molecule has 2 aliphatic rings. The van der Waals surface area contributed by atoms with Gasteiger partial charge in [0.1, 0.15) is 0 Å². The largest absolute Gasteiger partial charge is 3.00 e. The van der Waals surface area contributed by atoms with Crippen LogP contribution in [0.25, 0.3) is 16.9 Å². The van der Waals surface area contributed by atoms with Crippen molar-refractivity contribution < 1.29 is 21.7 Å². The van der Waals surface area contributed by atoms with Gasteiger partial charge in [0.2, 0.25) is 0 Å². The Balaban J connectivity index is 0.000000443. The number of hydrogen-bond donors (Lipinski definition) is 0. The quantitative estimate of drug-likeness (QED) is 0.241. The van der Waals surface area contributed by atoms with Crippen molar-refractivity contribution in [1.29, 1.82) is 0 Å². The van der Waals surface area contributed by atoms with Crippen molar-refractivity contribution in [2.75, 3.05) is 0 Å². The Hall–Kier alpha value is -1.97. The van der Waals surface area contributed by atoms with E-state index in [2.05, 4.69) is 94.4 Å². The maximum atomic E-state index is 6.69. The van der Waals surface area contributed by atoms with Gasteiger partial charge < -0.3 is 13.2 Å². The minimum absolute atomic E-state index is 0. The summed E-state index contributed by atoms with van der Waals surface area (Å²) in [6, 6.07) is 31.4. The summed E-state index contributed by atoms with van der Waals surface area (Å²) in [6.45, 7) is 8.67. The van der Waals surface area contributed by atoms with E-state index in [-0.39, 0.29) is 29.1 Å². The summed E-state index contributed by atoms with van der Waals surface area (Å²) >= 11 is 0. The van der Waals surface area contributed by atoms with Crippen LogP contribution in [0.4, 0.5) is 0 Å². The van der Waals surface area contributed by atoms with E-state index in [1.807, 2.05) is 40.6 Å². The molecular formula is C31H39NSiTi. The first-order valence-corrected chi connectivity index (χ1v) is 12.1. The van der Waals surface area contributed by atoms with Crippen molar-refractivity contribution >= 4 is 15.4 Å². The van der Waals surface area contributed by atoms with Gasteiger partial charge in [-0.15, -0.1) is 13.0 Å². The van der Waals surface area contributed by atoms with Gasteiger partial charge >= 0.3 is 21.7 Å². The van der Waals surface area contributed by atoms with E-state index in [4.69, 9.17) is 5.73 Å². The van der Waals surface area contributed by atoms with Gasteiger partial charge in [-0.3, -0.25) is 6.08 Å². The number of nitrogens with one attached hydrogen (secondary N) is 1. The monoisotopic (exact) mass is 501 g/mol. The first kappa shape index (κ1) is 32.0. The zero-order valence-corrected chi connectivity index (χ0v) is 24.4. The molecule has 2 aliphatic carbocycles. The van der Waals surface area contributed by atoms with Gasteiger partial charge in [-0.2, -0.15) is 11.1 Å². The SMILES string of the molecule is CC1=[C-]C(C)C(C)=C1C.[CH3-].[NH-]C1CC1.[SiH2]c1ccccc1.[Ti+3].c1ccc(-c2ccccc2)cc1. The molecule has 1 nitrogen and oxygen atoms in total. The third kappa shape index (κ3) is 12.5. The molecule has 3 heteroatoms.